The molecule has 10 aromatic rings. The van der Waals surface area contributed by atoms with Crippen molar-refractivity contribution in [3.8, 4) is 33.8 Å². The second-order valence-electron chi connectivity index (χ2n) is 26.2. The average molecular weight is 1690 g/mol. The minimum atomic E-state index is -1.75. The van der Waals surface area contributed by atoms with E-state index in [0.29, 0.717) is 101 Å². The van der Waals surface area contributed by atoms with Crippen molar-refractivity contribution in [3.05, 3.63) is 240 Å². The Labute approximate surface area is 678 Å². The molecule has 4 aromatic heterocycles. The number of aromatic carboxylic acids is 1. The molecule has 0 saturated carbocycles. The zero-order valence-corrected chi connectivity index (χ0v) is 65.6. The molecule has 0 unspecified atom stereocenters. The highest BCUT2D eigenvalue weighted by Gasteiger charge is 2.26. The molecule has 35 heteroatoms. The van der Waals surface area contributed by atoms with E-state index in [2.05, 4.69) is 70.6 Å². The van der Waals surface area contributed by atoms with Crippen molar-refractivity contribution in [2.75, 3.05) is 90.0 Å². The van der Waals surface area contributed by atoms with Crippen LogP contribution in [0, 0.1) is 23.3 Å². The third-order valence-electron chi connectivity index (χ3n) is 18.6. The topological polar surface area (TPSA) is 430 Å². The number of aromatic nitrogens is 8. The smallest absolute Gasteiger partial charge is 0.478 e. The fourth-order valence-corrected chi connectivity index (χ4v) is 12.9. The Balaban J connectivity index is 0.000000164. The van der Waals surface area contributed by atoms with Crippen LogP contribution in [0.25, 0.3) is 33.8 Å². The number of carbonyl (C=O) groups is 4. The van der Waals surface area contributed by atoms with Gasteiger partial charge in [0, 0.05) is 116 Å². The van der Waals surface area contributed by atoms with E-state index in [9.17, 15) is 36.7 Å². The Morgan fingerprint density at radius 3 is 1.15 bits per heavy atom. The highest BCUT2D eigenvalue weighted by molar-refractivity contribution is 9.10. The lowest BCUT2D eigenvalue weighted by molar-refractivity contribution is 0.0586. The number of nitrogen functional groups attached to an aromatic ring is 4. The summed E-state index contributed by atoms with van der Waals surface area (Å²) in [5, 5.41) is 30.3. The van der Waals surface area contributed by atoms with Gasteiger partial charge in [-0.1, -0.05) is 71.7 Å². The molecule has 1 amide bonds. The number of nitrogens with zero attached hydrogens (tertiary/aromatic N) is 8. The molecule has 0 atom stereocenters. The first kappa shape index (κ1) is 88.2. The van der Waals surface area contributed by atoms with Gasteiger partial charge < -0.3 is 77.6 Å². The molecule has 0 radical (unpaired) electrons. The van der Waals surface area contributed by atoms with E-state index in [1.807, 2.05) is 30.3 Å². The first-order valence-corrected chi connectivity index (χ1v) is 37.8. The number of anilines is 4. The number of rotatable bonds is 15. The summed E-state index contributed by atoms with van der Waals surface area (Å²) < 4.78 is 86.8. The van der Waals surface area contributed by atoms with Crippen molar-refractivity contribution >= 4 is 98.8 Å². The van der Waals surface area contributed by atoms with E-state index in [-0.39, 0.29) is 69.5 Å². The standard InChI is InChI=1S/C23H22ClFN4O2.C17H18FN3O3.C16H16FN3O3.C9H12BrN3O.C8H8BFO4.C7H8ClN/c24-17-3-1-2-14(10-17)12-28-23(30)18-5-4-16(11-19(18)25)21-22(26)27-13-20(29-21)15-6-8-31-9-7-15;1-23-17(22)12-3-2-11(8-13(12)18)15-16(19)20-9-14(21-15)10-4-6-24-7-5-10;17-12-7-10(1-2-11(12)16(21)22)14-15(18)19-8-13(20-14)9-3-5-23-6-4-9;10-8-9(11)12-5-7(13-8)6-1-3-14-4-2-6;1-14-8(11)6-3-2-5(9(12)13)4-7(6)10;8-7-3-1-2-6(4-7)5-9/h1-5,10-11,13,15H,6-9,12H2,(H2,26,27)(H,28,30);2-3,8-10H,4-7H2,1H3,(H2,19,20);1-2,7-9H,3-6H2,(H2,18,19)(H,21,22);5-6H,1-4H2,(H2,11,12);2-4,12-13H,1H3;1-4H,5,9H2. The molecule has 0 spiro atoms. The average Bonchev–Trinajstić information content (AvgIpc) is 0.809. The molecule has 27 nitrogen and oxygen atoms in total. The third kappa shape index (κ3) is 25.4. The van der Waals surface area contributed by atoms with Crippen LogP contribution in [0.3, 0.4) is 0 Å². The van der Waals surface area contributed by atoms with Crippen LogP contribution in [0.4, 0.5) is 40.8 Å². The molecule has 14 rings (SSSR count). The molecule has 14 N–H and O–H groups in total. The maximum Gasteiger partial charge on any atom is 0.488 e. The molecule has 4 saturated heterocycles. The van der Waals surface area contributed by atoms with Crippen molar-refractivity contribution in [3.63, 3.8) is 0 Å². The van der Waals surface area contributed by atoms with Gasteiger partial charge in [-0.15, -0.1) is 0 Å². The van der Waals surface area contributed by atoms with Crippen LogP contribution in [0.2, 0.25) is 10.0 Å². The molecule has 0 bridgehead atoms. The van der Waals surface area contributed by atoms with Gasteiger partial charge in [-0.05, 0) is 157 Å². The molecular weight excluding hydrogens is 1600 g/mol. The fraction of sp³-hybridized carbons (Fsp3) is 0.300. The molecular formula is C80H84BBrCl2F4N14O13. The summed E-state index contributed by atoms with van der Waals surface area (Å²) in [5.41, 5.74) is 35.8. The number of methoxy groups -OCH3 is 2. The van der Waals surface area contributed by atoms with E-state index in [1.54, 1.807) is 55.1 Å². The van der Waals surface area contributed by atoms with Crippen LogP contribution >= 0.6 is 39.1 Å². The van der Waals surface area contributed by atoms with Crippen molar-refractivity contribution < 1.29 is 80.3 Å². The van der Waals surface area contributed by atoms with Crippen LogP contribution in [0.5, 0.6) is 0 Å². The van der Waals surface area contributed by atoms with Gasteiger partial charge in [0.15, 0.2) is 5.82 Å². The number of carbonyl (C=O) groups excluding carboxylic acids is 3. The molecule has 8 heterocycles. The number of amides is 1. The zero-order valence-electron chi connectivity index (χ0n) is 62.5. The minimum absolute atomic E-state index is 0.0184. The number of carboxylic acid groups (broad SMARTS) is 1. The van der Waals surface area contributed by atoms with E-state index in [4.69, 9.17) is 86.0 Å². The number of nitrogens with two attached hydrogens (primary N) is 5. The van der Waals surface area contributed by atoms with Gasteiger partial charge in [-0.2, -0.15) is 0 Å². The lowest BCUT2D eigenvalue weighted by Gasteiger charge is -2.22. The van der Waals surface area contributed by atoms with Crippen LogP contribution in [-0.4, -0.2) is 153 Å². The van der Waals surface area contributed by atoms with Crippen LogP contribution < -0.4 is 39.4 Å². The molecule has 115 heavy (non-hydrogen) atoms. The largest absolute Gasteiger partial charge is 0.488 e. The minimum Gasteiger partial charge on any atom is -0.478 e. The quantitative estimate of drug-likeness (QED) is 0.0261. The van der Waals surface area contributed by atoms with Gasteiger partial charge in [-0.3, -0.25) is 4.79 Å². The van der Waals surface area contributed by atoms with Gasteiger partial charge in [0.1, 0.15) is 62.4 Å². The van der Waals surface area contributed by atoms with Gasteiger partial charge in [0.25, 0.3) is 5.91 Å². The van der Waals surface area contributed by atoms with Gasteiger partial charge in [0.2, 0.25) is 0 Å². The number of halogens is 7. The number of esters is 2. The summed E-state index contributed by atoms with van der Waals surface area (Å²) in [6, 6.07) is 30.2. The highest BCUT2D eigenvalue weighted by Crippen LogP contribution is 2.35. The van der Waals surface area contributed by atoms with Gasteiger partial charge in [0.05, 0.1) is 84.0 Å². The van der Waals surface area contributed by atoms with Crippen molar-refractivity contribution in [2.45, 2.75) is 88.1 Å². The predicted octanol–water partition coefficient (Wildman–Crippen LogP) is 12.2. The third-order valence-corrected chi connectivity index (χ3v) is 19.6. The summed E-state index contributed by atoms with van der Waals surface area (Å²) in [6.07, 6.45) is 13.9. The number of carboxylic acids is 1. The maximum atomic E-state index is 14.8. The number of ether oxygens (including phenoxy) is 6. The molecule has 6 aromatic carbocycles. The second kappa shape index (κ2) is 43.7. The van der Waals surface area contributed by atoms with Gasteiger partial charge >= 0.3 is 25.0 Å². The van der Waals surface area contributed by atoms with E-state index in [1.165, 1.54) is 49.6 Å². The second-order valence-corrected chi connectivity index (χ2v) is 27.9. The molecule has 604 valence electrons. The number of hydrogen-bond acceptors (Lipinski definition) is 25. The zero-order chi connectivity index (χ0) is 82.7. The molecule has 4 fully saturated rings. The number of nitrogens with one attached hydrogen (secondary N) is 1. The number of benzene rings is 6. The highest BCUT2D eigenvalue weighted by atomic mass is 79.9. The Bertz CT molecular complexity index is 5000. The summed E-state index contributed by atoms with van der Waals surface area (Å²) in [7, 11) is 0.587. The van der Waals surface area contributed by atoms with Gasteiger partial charge in [-0.25, -0.2) is 71.8 Å². The summed E-state index contributed by atoms with van der Waals surface area (Å²) >= 11 is 14.9. The van der Waals surface area contributed by atoms with Crippen molar-refractivity contribution in [1.29, 1.82) is 0 Å². The fourth-order valence-electron chi connectivity index (χ4n) is 12.2. The van der Waals surface area contributed by atoms with E-state index < -0.39 is 54.2 Å². The lowest BCUT2D eigenvalue weighted by Crippen LogP contribution is -2.30. The van der Waals surface area contributed by atoms with Crippen molar-refractivity contribution in [1.82, 2.24) is 45.2 Å². The van der Waals surface area contributed by atoms with Crippen LogP contribution in [0.15, 0.2) is 151 Å². The van der Waals surface area contributed by atoms with Crippen LogP contribution in [-0.2, 0) is 41.5 Å². The number of hydrogen-bond donors (Lipinski definition) is 9. The monoisotopic (exact) mass is 1680 g/mol. The first-order chi connectivity index (χ1) is 55.3. The van der Waals surface area contributed by atoms with Crippen LogP contribution in [0.1, 0.15) is 150 Å². The molecule has 4 aliphatic heterocycles. The lowest BCUT2D eigenvalue weighted by atomic mass is 9.80. The molecule has 0 aliphatic carbocycles. The Morgan fingerprint density at radius 1 is 0.478 bits per heavy atom. The molecule has 4 aliphatic rings. The van der Waals surface area contributed by atoms with E-state index >= 15 is 0 Å². The summed E-state index contributed by atoms with van der Waals surface area (Å²) in [5.74, 6) is -4.11. The Morgan fingerprint density at radius 2 is 0.817 bits per heavy atom. The maximum absolute atomic E-state index is 14.8. The first-order valence-electron chi connectivity index (χ1n) is 36.2. The Kier molecular flexibility index (Phi) is 33.5. The summed E-state index contributed by atoms with van der Waals surface area (Å²) in [4.78, 5) is 80.5. The Hall–Kier alpha value is -10.7. The van der Waals surface area contributed by atoms with E-state index in [0.717, 1.165) is 129 Å². The SMILES string of the molecule is COC(=O)c1ccc(-c2nc(C3CCOCC3)cnc2N)cc1F.COC(=O)c1ccc(B(O)O)cc1F.NCc1cccc(Cl)c1.Nc1ncc(C2CCOCC2)nc1-c1ccc(C(=O)NCc2cccc(Cl)c2)c(F)c1.Nc1ncc(C2CCOCC2)nc1-c1ccc(C(=O)O)c(F)c1.Nc1ncc(C2CCOCC2)nc1Br. The predicted molar refractivity (Wildman–Crippen MR) is 429 cm³/mol. The normalized spacial score (nSPS) is 14.3. The summed E-state index contributed by atoms with van der Waals surface area (Å²) in [6.45, 7) is 6.51. The van der Waals surface area contributed by atoms with Crippen molar-refractivity contribution in [2.24, 2.45) is 5.73 Å².